The molecule has 1 fully saturated rings. The summed E-state index contributed by atoms with van der Waals surface area (Å²) in [7, 11) is 0. The SMILES string of the molecule is CCNc1cc(C(F)(F)F)cc(OCC2CCCC2)n1. The second kappa shape index (κ2) is 6.33. The monoisotopic (exact) mass is 288 g/mol. The first-order valence-electron chi connectivity index (χ1n) is 6.95. The summed E-state index contributed by atoms with van der Waals surface area (Å²) >= 11 is 0. The minimum atomic E-state index is -4.39. The highest BCUT2D eigenvalue weighted by Crippen LogP contribution is 2.33. The van der Waals surface area contributed by atoms with Crippen molar-refractivity contribution in [2.24, 2.45) is 5.92 Å². The summed E-state index contributed by atoms with van der Waals surface area (Å²) in [5.74, 6) is 0.681. The number of hydrogen-bond acceptors (Lipinski definition) is 3. The van der Waals surface area contributed by atoms with Gasteiger partial charge in [0, 0.05) is 12.6 Å². The fourth-order valence-corrected chi connectivity index (χ4v) is 2.39. The van der Waals surface area contributed by atoms with Crippen molar-refractivity contribution in [2.75, 3.05) is 18.5 Å². The Morgan fingerprint density at radius 2 is 2.00 bits per heavy atom. The highest BCUT2D eigenvalue weighted by molar-refractivity contribution is 5.42. The Morgan fingerprint density at radius 3 is 2.60 bits per heavy atom. The number of pyridine rings is 1. The molecule has 1 aromatic heterocycles. The quantitative estimate of drug-likeness (QED) is 0.885. The van der Waals surface area contributed by atoms with E-state index in [9.17, 15) is 13.2 Å². The molecule has 0 unspecified atom stereocenters. The highest BCUT2D eigenvalue weighted by atomic mass is 19.4. The van der Waals surface area contributed by atoms with Crippen molar-refractivity contribution in [3.63, 3.8) is 0 Å². The van der Waals surface area contributed by atoms with Gasteiger partial charge in [0.15, 0.2) is 0 Å². The number of nitrogens with zero attached hydrogens (tertiary/aromatic N) is 1. The number of rotatable bonds is 5. The number of ether oxygens (including phenoxy) is 1. The van der Waals surface area contributed by atoms with Crippen LogP contribution in [0.4, 0.5) is 19.0 Å². The van der Waals surface area contributed by atoms with E-state index in [1.165, 1.54) is 12.8 Å². The van der Waals surface area contributed by atoms with Crippen LogP contribution in [0.2, 0.25) is 0 Å². The summed E-state index contributed by atoms with van der Waals surface area (Å²) in [6, 6.07) is 1.97. The summed E-state index contributed by atoms with van der Waals surface area (Å²) in [5, 5.41) is 2.80. The Balaban J connectivity index is 2.11. The second-order valence-corrected chi connectivity index (χ2v) is 5.07. The van der Waals surface area contributed by atoms with Crippen molar-refractivity contribution in [3.8, 4) is 5.88 Å². The van der Waals surface area contributed by atoms with E-state index >= 15 is 0 Å². The number of halogens is 3. The predicted molar refractivity (Wildman–Crippen MR) is 70.9 cm³/mol. The van der Waals surface area contributed by atoms with Gasteiger partial charge in [-0.1, -0.05) is 12.8 Å². The van der Waals surface area contributed by atoms with Gasteiger partial charge in [-0.05, 0) is 31.7 Å². The smallest absolute Gasteiger partial charge is 0.416 e. The van der Waals surface area contributed by atoms with E-state index < -0.39 is 11.7 Å². The Bertz CT molecular complexity index is 443. The molecule has 3 nitrogen and oxygen atoms in total. The molecule has 6 heteroatoms. The molecule has 1 saturated carbocycles. The standard InChI is InChI=1S/C14H19F3N2O/c1-2-18-12-7-11(14(15,16)17)8-13(19-12)20-9-10-5-3-4-6-10/h7-8,10H,2-6,9H2,1H3,(H,18,19). The van der Waals surface area contributed by atoms with Crippen LogP contribution in [0.1, 0.15) is 38.2 Å². The predicted octanol–water partition coefficient (Wildman–Crippen LogP) is 4.10. The zero-order chi connectivity index (χ0) is 14.6. The summed E-state index contributed by atoms with van der Waals surface area (Å²) in [5.41, 5.74) is -0.732. The summed E-state index contributed by atoms with van der Waals surface area (Å²) in [4.78, 5) is 4.06. The molecule has 20 heavy (non-hydrogen) atoms. The van der Waals surface area contributed by atoms with Crippen molar-refractivity contribution in [2.45, 2.75) is 38.8 Å². The number of anilines is 1. The van der Waals surface area contributed by atoms with Crippen LogP contribution in [0.15, 0.2) is 12.1 Å². The van der Waals surface area contributed by atoms with Gasteiger partial charge in [-0.25, -0.2) is 0 Å². The molecule has 1 aromatic rings. The van der Waals surface area contributed by atoms with Crippen LogP contribution < -0.4 is 10.1 Å². The Morgan fingerprint density at radius 1 is 1.30 bits per heavy atom. The van der Waals surface area contributed by atoms with E-state index in [0.29, 0.717) is 19.1 Å². The number of aromatic nitrogens is 1. The van der Waals surface area contributed by atoms with Crippen LogP contribution in [0.3, 0.4) is 0 Å². The average molecular weight is 288 g/mol. The molecule has 112 valence electrons. The zero-order valence-electron chi connectivity index (χ0n) is 11.5. The molecule has 0 bridgehead atoms. The van der Waals surface area contributed by atoms with Crippen molar-refractivity contribution in [3.05, 3.63) is 17.7 Å². The van der Waals surface area contributed by atoms with E-state index in [2.05, 4.69) is 10.3 Å². The van der Waals surface area contributed by atoms with E-state index in [1.807, 2.05) is 0 Å². The Kier molecular flexibility index (Phi) is 4.73. The first-order chi connectivity index (χ1) is 9.49. The summed E-state index contributed by atoms with van der Waals surface area (Å²) < 4.78 is 43.9. The van der Waals surface area contributed by atoms with E-state index in [4.69, 9.17) is 4.74 Å². The fraction of sp³-hybridized carbons (Fsp3) is 0.643. The normalized spacial score (nSPS) is 16.4. The molecule has 0 amide bonds. The third-order valence-electron chi connectivity index (χ3n) is 3.43. The minimum Gasteiger partial charge on any atom is -0.477 e. The van der Waals surface area contributed by atoms with Gasteiger partial charge >= 0.3 is 6.18 Å². The topological polar surface area (TPSA) is 34.1 Å². The van der Waals surface area contributed by atoms with Gasteiger partial charge in [-0.15, -0.1) is 0 Å². The van der Waals surface area contributed by atoms with Crippen molar-refractivity contribution < 1.29 is 17.9 Å². The molecular formula is C14H19F3N2O. The van der Waals surface area contributed by atoms with E-state index in [1.54, 1.807) is 6.92 Å². The lowest BCUT2D eigenvalue weighted by Crippen LogP contribution is -2.12. The van der Waals surface area contributed by atoms with Crippen LogP contribution in [0.25, 0.3) is 0 Å². The maximum Gasteiger partial charge on any atom is 0.416 e. The molecule has 0 saturated heterocycles. The van der Waals surface area contributed by atoms with Gasteiger partial charge in [0.2, 0.25) is 5.88 Å². The van der Waals surface area contributed by atoms with Crippen molar-refractivity contribution in [1.29, 1.82) is 0 Å². The molecule has 1 N–H and O–H groups in total. The summed E-state index contributed by atoms with van der Waals surface area (Å²) in [6.45, 7) is 2.76. The number of alkyl halides is 3. The molecule has 0 radical (unpaired) electrons. The first kappa shape index (κ1) is 14.9. The molecule has 0 atom stereocenters. The average Bonchev–Trinajstić information content (AvgIpc) is 2.88. The third-order valence-corrected chi connectivity index (χ3v) is 3.43. The minimum absolute atomic E-state index is 0.0441. The Hall–Kier alpha value is -1.46. The maximum absolute atomic E-state index is 12.8. The van der Waals surface area contributed by atoms with E-state index in [-0.39, 0.29) is 11.7 Å². The Labute approximate surface area is 116 Å². The molecule has 0 spiro atoms. The number of hydrogen-bond donors (Lipinski definition) is 1. The van der Waals surface area contributed by atoms with Gasteiger partial charge < -0.3 is 10.1 Å². The molecule has 1 aliphatic rings. The highest BCUT2D eigenvalue weighted by Gasteiger charge is 2.32. The molecule has 1 heterocycles. The molecule has 0 aromatic carbocycles. The lowest BCUT2D eigenvalue weighted by Gasteiger charge is -2.14. The summed E-state index contributed by atoms with van der Waals surface area (Å²) in [6.07, 6.45) is 0.121. The lowest BCUT2D eigenvalue weighted by molar-refractivity contribution is -0.137. The van der Waals surface area contributed by atoms with Crippen LogP contribution in [-0.2, 0) is 6.18 Å². The zero-order valence-corrected chi connectivity index (χ0v) is 11.5. The second-order valence-electron chi connectivity index (χ2n) is 5.07. The maximum atomic E-state index is 12.8. The van der Waals surface area contributed by atoms with Crippen LogP contribution in [0.5, 0.6) is 5.88 Å². The van der Waals surface area contributed by atoms with Gasteiger partial charge in [-0.2, -0.15) is 18.2 Å². The van der Waals surface area contributed by atoms with Gasteiger partial charge in [0.1, 0.15) is 5.82 Å². The first-order valence-corrected chi connectivity index (χ1v) is 6.95. The largest absolute Gasteiger partial charge is 0.477 e. The van der Waals surface area contributed by atoms with Crippen LogP contribution >= 0.6 is 0 Å². The fourth-order valence-electron chi connectivity index (χ4n) is 2.39. The van der Waals surface area contributed by atoms with Crippen molar-refractivity contribution in [1.82, 2.24) is 4.98 Å². The van der Waals surface area contributed by atoms with Crippen molar-refractivity contribution >= 4 is 5.82 Å². The molecule has 0 aliphatic heterocycles. The van der Waals surface area contributed by atoms with Gasteiger partial charge in [-0.3, -0.25) is 0 Å². The third kappa shape index (κ3) is 4.02. The lowest BCUT2D eigenvalue weighted by atomic mass is 10.1. The van der Waals surface area contributed by atoms with Crippen LogP contribution in [0, 0.1) is 5.92 Å². The van der Waals surface area contributed by atoms with E-state index in [0.717, 1.165) is 25.0 Å². The molecule has 2 rings (SSSR count). The molecule has 1 aliphatic carbocycles. The van der Waals surface area contributed by atoms with Gasteiger partial charge in [0.25, 0.3) is 0 Å². The van der Waals surface area contributed by atoms with Crippen LogP contribution in [-0.4, -0.2) is 18.1 Å². The van der Waals surface area contributed by atoms with Gasteiger partial charge in [0.05, 0.1) is 12.2 Å². The molecular weight excluding hydrogens is 269 g/mol. The number of nitrogens with one attached hydrogen (secondary N) is 1.